The highest BCUT2D eigenvalue weighted by atomic mass is 32.2. The van der Waals surface area contributed by atoms with Crippen molar-refractivity contribution in [2.45, 2.75) is 43.5 Å². The Morgan fingerprint density at radius 2 is 1.83 bits per heavy atom. The van der Waals surface area contributed by atoms with Crippen LogP contribution in [0.1, 0.15) is 31.7 Å². The summed E-state index contributed by atoms with van der Waals surface area (Å²) in [7, 11) is -3.65. The van der Waals surface area contributed by atoms with Crippen LogP contribution < -0.4 is 15.4 Å². The van der Waals surface area contributed by atoms with E-state index in [1.54, 1.807) is 12.1 Å². The minimum Gasteiger partial charge on any atom is -0.351 e. The predicted octanol–water partition coefficient (Wildman–Crippen LogP) is -0.550. The van der Waals surface area contributed by atoms with Gasteiger partial charge in [-0.1, -0.05) is 12.1 Å². The van der Waals surface area contributed by atoms with E-state index >= 15 is 0 Å². The van der Waals surface area contributed by atoms with Gasteiger partial charge < -0.3 is 10.2 Å². The van der Waals surface area contributed by atoms with E-state index in [1.165, 1.54) is 36.3 Å². The van der Waals surface area contributed by atoms with Crippen LogP contribution in [0.2, 0.25) is 0 Å². The molecule has 0 aliphatic carbocycles. The van der Waals surface area contributed by atoms with Crippen molar-refractivity contribution in [1.29, 1.82) is 0 Å². The first-order chi connectivity index (χ1) is 10.9. The summed E-state index contributed by atoms with van der Waals surface area (Å²) >= 11 is 0. The second kappa shape index (κ2) is 7.90. The van der Waals surface area contributed by atoms with E-state index in [2.05, 4.69) is 5.32 Å². The number of hydrogen-bond donors (Lipinski definition) is 3. The van der Waals surface area contributed by atoms with Crippen LogP contribution in [0.5, 0.6) is 0 Å². The summed E-state index contributed by atoms with van der Waals surface area (Å²) in [6, 6.07) is 6.43. The van der Waals surface area contributed by atoms with Gasteiger partial charge in [0.15, 0.2) is 6.04 Å². The molecule has 1 aromatic carbocycles. The minimum absolute atomic E-state index is 0.0138. The lowest BCUT2D eigenvalue weighted by Gasteiger charge is -2.28. The molecule has 2 rings (SSSR count). The topological polar surface area (TPSA) is 93.7 Å². The summed E-state index contributed by atoms with van der Waals surface area (Å²) in [6.45, 7) is 4.68. The Balaban J connectivity index is 1.78. The molecule has 4 N–H and O–H groups in total. The zero-order chi connectivity index (χ0) is 16.9. The third-order valence-corrected chi connectivity index (χ3v) is 5.40. The normalized spacial score (nSPS) is 17.7. The number of piperidine rings is 1. The third-order valence-electron chi connectivity index (χ3n) is 4.47. The molecule has 0 aromatic heterocycles. The highest BCUT2D eigenvalue weighted by Crippen LogP contribution is 2.08. The van der Waals surface area contributed by atoms with Crippen LogP contribution >= 0.6 is 0 Å². The molecular formula is C16H26N3O3S+. The molecule has 1 atom stereocenters. The van der Waals surface area contributed by atoms with Crippen LogP contribution in [0.3, 0.4) is 0 Å². The van der Waals surface area contributed by atoms with Crippen LogP contribution in [-0.2, 0) is 21.2 Å². The quantitative estimate of drug-likeness (QED) is 0.649. The molecule has 128 valence electrons. The Kier molecular flexibility index (Phi) is 6.15. The van der Waals surface area contributed by atoms with E-state index in [1.807, 2.05) is 6.92 Å². The number of likely N-dealkylation sites (tertiary alicyclic amines) is 1. The van der Waals surface area contributed by atoms with Crippen LogP contribution in [0.4, 0.5) is 0 Å². The molecule has 6 nitrogen and oxygen atoms in total. The summed E-state index contributed by atoms with van der Waals surface area (Å²) in [6.07, 6.45) is 4.33. The Labute approximate surface area is 138 Å². The fourth-order valence-electron chi connectivity index (χ4n) is 2.95. The van der Waals surface area contributed by atoms with Crippen molar-refractivity contribution in [3.05, 3.63) is 29.8 Å². The lowest BCUT2D eigenvalue weighted by molar-refractivity contribution is -0.918. The molecule has 1 amide bonds. The molecule has 1 heterocycles. The molecule has 0 radical (unpaired) electrons. The van der Waals surface area contributed by atoms with Crippen molar-refractivity contribution in [3.63, 3.8) is 0 Å². The van der Waals surface area contributed by atoms with Gasteiger partial charge in [-0.15, -0.1) is 0 Å². The largest absolute Gasteiger partial charge is 0.351 e. The first-order valence-corrected chi connectivity index (χ1v) is 9.66. The average Bonchev–Trinajstić information content (AvgIpc) is 2.54. The third kappa shape index (κ3) is 5.30. The standard InChI is InChI=1S/C16H25N3O3S/c1-13(19-11-3-2-4-12-19)16(20)18-10-9-14-5-7-15(8-6-14)23(17,21)22/h5-8,13H,2-4,9-12H2,1H3,(H,18,20)(H2,17,21,22)/p+1/t13-/m1/s1. The zero-order valence-corrected chi connectivity index (χ0v) is 14.4. The van der Waals surface area contributed by atoms with Gasteiger partial charge in [-0.2, -0.15) is 0 Å². The Morgan fingerprint density at radius 3 is 2.39 bits per heavy atom. The Hall–Kier alpha value is -1.44. The van der Waals surface area contributed by atoms with Gasteiger partial charge in [-0.25, -0.2) is 13.6 Å². The number of nitrogens with one attached hydrogen (secondary N) is 2. The van der Waals surface area contributed by atoms with Gasteiger partial charge in [-0.3, -0.25) is 4.79 Å². The molecule has 0 saturated carbocycles. The SMILES string of the molecule is C[C@H](C(=O)NCCc1ccc(S(N)(=O)=O)cc1)[NH+]1CCCCC1. The van der Waals surface area contributed by atoms with Gasteiger partial charge in [-0.05, 0) is 50.3 Å². The first kappa shape index (κ1) is 17.9. The lowest BCUT2D eigenvalue weighted by atomic mass is 10.1. The monoisotopic (exact) mass is 340 g/mol. The van der Waals surface area contributed by atoms with Crippen LogP contribution in [0, 0.1) is 0 Å². The average molecular weight is 340 g/mol. The van der Waals surface area contributed by atoms with Gasteiger partial charge in [0.05, 0.1) is 18.0 Å². The number of quaternary nitrogens is 1. The minimum atomic E-state index is -3.65. The molecule has 7 heteroatoms. The number of sulfonamides is 1. The highest BCUT2D eigenvalue weighted by molar-refractivity contribution is 7.89. The van der Waals surface area contributed by atoms with Crippen LogP contribution in [0.15, 0.2) is 29.2 Å². The van der Waals surface area contributed by atoms with E-state index in [9.17, 15) is 13.2 Å². The second-order valence-electron chi connectivity index (χ2n) is 6.17. The maximum atomic E-state index is 12.2. The maximum absolute atomic E-state index is 12.2. The second-order valence-corrected chi connectivity index (χ2v) is 7.73. The predicted molar refractivity (Wildman–Crippen MR) is 88.5 cm³/mol. The summed E-state index contributed by atoms with van der Waals surface area (Å²) in [5.41, 5.74) is 0.968. The van der Waals surface area contributed by atoms with E-state index in [-0.39, 0.29) is 16.8 Å². The first-order valence-electron chi connectivity index (χ1n) is 8.12. The number of benzene rings is 1. The molecule has 23 heavy (non-hydrogen) atoms. The van der Waals surface area contributed by atoms with Crippen molar-refractivity contribution in [1.82, 2.24) is 5.32 Å². The number of amides is 1. The summed E-state index contributed by atoms with van der Waals surface area (Å²) in [5.74, 6) is 0.0862. The van der Waals surface area contributed by atoms with E-state index < -0.39 is 10.0 Å². The molecule has 1 saturated heterocycles. The zero-order valence-electron chi connectivity index (χ0n) is 13.5. The van der Waals surface area contributed by atoms with Gasteiger partial charge in [0.1, 0.15) is 0 Å². The highest BCUT2D eigenvalue weighted by Gasteiger charge is 2.25. The number of hydrogen-bond acceptors (Lipinski definition) is 3. The number of rotatable bonds is 6. The van der Waals surface area contributed by atoms with Crippen molar-refractivity contribution < 1.29 is 18.1 Å². The van der Waals surface area contributed by atoms with Crippen molar-refractivity contribution in [3.8, 4) is 0 Å². The number of primary sulfonamides is 1. The number of carbonyl (C=O) groups is 1. The maximum Gasteiger partial charge on any atom is 0.278 e. The van der Waals surface area contributed by atoms with Crippen molar-refractivity contribution in [2.75, 3.05) is 19.6 Å². The molecular weight excluding hydrogens is 314 g/mol. The van der Waals surface area contributed by atoms with Gasteiger partial charge >= 0.3 is 0 Å². The molecule has 0 unspecified atom stereocenters. The van der Waals surface area contributed by atoms with E-state index in [4.69, 9.17) is 5.14 Å². The van der Waals surface area contributed by atoms with E-state index in [0.717, 1.165) is 18.7 Å². The summed E-state index contributed by atoms with van der Waals surface area (Å²) < 4.78 is 22.4. The summed E-state index contributed by atoms with van der Waals surface area (Å²) in [4.78, 5) is 13.7. The smallest absolute Gasteiger partial charge is 0.278 e. The molecule has 1 aromatic rings. The molecule has 1 fully saturated rings. The van der Waals surface area contributed by atoms with E-state index in [0.29, 0.717) is 13.0 Å². The number of nitrogens with two attached hydrogens (primary N) is 1. The Morgan fingerprint density at radius 1 is 1.22 bits per heavy atom. The fraction of sp³-hybridized carbons (Fsp3) is 0.562. The van der Waals surface area contributed by atoms with Crippen LogP contribution in [-0.4, -0.2) is 40.0 Å². The molecule has 0 spiro atoms. The summed E-state index contributed by atoms with van der Waals surface area (Å²) in [5, 5.41) is 8.03. The van der Waals surface area contributed by atoms with Gasteiger partial charge in [0.2, 0.25) is 10.0 Å². The van der Waals surface area contributed by atoms with Crippen molar-refractivity contribution in [2.24, 2.45) is 5.14 Å². The number of carbonyl (C=O) groups excluding carboxylic acids is 1. The van der Waals surface area contributed by atoms with Gasteiger partial charge in [0, 0.05) is 6.54 Å². The van der Waals surface area contributed by atoms with Gasteiger partial charge in [0.25, 0.3) is 5.91 Å². The molecule has 1 aliphatic heterocycles. The lowest BCUT2D eigenvalue weighted by Crippen LogP contribution is -3.17. The molecule has 0 bridgehead atoms. The van der Waals surface area contributed by atoms with Crippen LogP contribution in [0.25, 0.3) is 0 Å². The Bertz CT molecular complexity index is 622. The fourth-order valence-corrected chi connectivity index (χ4v) is 3.47. The van der Waals surface area contributed by atoms with Crippen molar-refractivity contribution >= 4 is 15.9 Å². The molecule has 1 aliphatic rings.